The Hall–Kier alpha value is -2.46. The van der Waals surface area contributed by atoms with E-state index in [9.17, 15) is 15.0 Å². The molecule has 0 aliphatic carbocycles. The molecule has 2 N–H and O–H groups in total. The molecule has 0 aromatic heterocycles. The van der Waals surface area contributed by atoms with Crippen LogP contribution in [0.5, 0.6) is 11.5 Å². The van der Waals surface area contributed by atoms with Crippen LogP contribution in [-0.4, -0.2) is 22.8 Å². The van der Waals surface area contributed by atoms with Crippen molar-refractivity contribution in [1.82, 2.24) is 0 Å². The first kappa shape index (κ1) is 15.9. The molecule has 0 aliphatic heterocycles. The Morgan fingerprint density at radius 2 is 1.91 bits per heavy atom. The molecule has 0 saturated heterocycles. The van der Waals surface area contributed by atoms with Crippen LogP contribution in [-0.2, 0) is 16.0 Å². The third kappa shape index (κ3) is 4.53. The topological polar surface area (TPSA) is 66.8 Å². The first-order valence-corrected chi connectivity index (χ1v) is 7.04. The Bertz CT molecular complexity index is 695. The first-order valence-electron chi connectivity index (χ1n) is 6.66. The van der Waals surface area contributed by atoms with E-state index in [4.69, 9.17) is 16.3 Å². The van der Waals surface area contributed by atoms with Crippen molar-refractivity contribution in [2.45, 2.75) is 6.42 Å². The number of esters is 1. The zero-order valence-corrected chi connectivity index (χ0v) is 12.5. The Morgan fingerprint density at radius 3 is 2.64 bits per heavy atom. The number of carbonyl (C=O) groups excluding carboxylic acids is 1. The second kappa shape index (κ2) is 7.52. The summed E-state index contributed by atoms with van der Waals surface area (Å²) < 4.78 is 5.08. The summed E-state index contributed by atoms with van der Waals surface area (Å²) in [4.78, 5) is 11.6. The van der Waals surface area contributed by atoms with Gasteiger partial charge in [0.05, 0.1) is 6.61 Å². The summed E-state index contributed by atoms with van der Waals surface area (Å²) in [7, 11) is 0. The number of benzene rings is 2. The number of hydrogen-bond donors (Lipinski definition) is 2. The third-order valence-electron chi connectivity index (χ3n) is 2.98. The molecule has 0 heterocycles. The summed E-state index contributed by atoms with van der Waals surface area (Å²) >= 11 is 6.01. The van der Waals surface area contributed by atoms with Crippen molar-refractivity contribution in [2.24, 2.45) is 0 Å². The van der Waals surface area contributed by atoms with Gasteiger partial charge in [0.2, 0.25) is 0 Å². The predicted molar refractivity (Wildman–Crippen MR) is 84.9 cm³/mol. The molecule has 0 unspecified atom stereocenters. The van der Waals surface area contributed by atoms with Crippen molar-refractivity contribution >= 4 is 23.6 Å². The number of ether oxygens (including phenoxy) is 1. The van der Waals surface area contributed by atoms with E-state index < -0.39 is 5.97 Å². The fourth-order valence-electron chi connectivity index (χ4n) is 1.82. The van der Waals surface area contributed by atoms with Crippen LogP contribution < -0.4 is 0 Å². The molecule has 2 aromatic carbocycles. The van der Waals surface area contributed by atoms with Gasteiger partial charge in [-0.15, -0.1) is 0 Å². The number of hydrogen-bond acceptors (Lipinski definition) is 4. The van der Waals surface area contributed by atoms with Crippen molar-refractivity contribution in [3.8, 4) is 11.5 Å². The molecule has 0 radical (unpaired) electrons. The van der Waals surface area contributed by atoms with E-state index in [2.05, 4.69) is 0 Å². The molecule has 114 valence electrons. The van der Waals surface area contributed by atoms with E-state index in [1.165, 1.54) is 24.3 Å². The van der Waals surface area contributed by atoms with Crippen LogP contribution in [0.2, 0.25) is 5.02 Å². The first-order chi connectivity index (χ1) is 10.6. The lowest BCUT2D eigenvalue weighted by atomic mass is 10.2. The lowest BCUT2D eigenvalue weighted by Gasteiger charge is -2.04. The van der Waals surface area contributed by atoms with Crippen LogP contribution in [0.3, 0.4) is 0 Å². The second-order valence-electron chi connectivity index (χ2n) is 4.59. The van der Waals surface area contributed by atoms with Crippen molar-refractivity contribution < 1.29 is 19.7 Å². The zero-order chi connectivity index (χ0) is 15.9. The van der Waals surface area contributed by atoms with Gasteiger partial charge in [-0.2, -0.15) is 0 Å². The lowest BCUT2D eigenvalue weighted by molar-refractivity contribution is -0.137. The number of halogens is 1. The van der Waals surface area contributed by atoms with Crippen LogP contribution in [0.25, 0.3) is 6.08 Å². The largest absolute Gasteiger partial charge is 0.504 e. The Balaban J connectivity index is 1.84. The number of aromatic hydroxyl groups is 2. The molecular weight excluding hydrogens is 304 g/mol. The van der Waals surface area contributed by atoms with Crippen LogP contribution in [0.1, 0.15) is 11.1 Å². The number of rotatable bonds is 5. The van der Waals surface area contributed by atoms with E-state index in [1.54, 1.807) is 12.1 Å². The third-order valence-corrected chi connectivity index (χ3v) is 3.35. The minimum atomic E-state index is -0.486. The molecule has 5 heteroatoms. The number of phenolic OH excluding ortho intramolecular Hbond substituents is 2. The Kier molecular flexibility index (Phi) is 5.44. The fraction of sp³-hybridized carbons (Fsp3) is 0.118. The molecule has 2 aromatic rings. The molecule has 4 nitrogen and oxygen atoms in total. The summed E-state index contributed by atoms with van der Waals surface area (Å²) in [6.45, 7) is 0.230. The van der Waals surface area contributed by atoms with Gasteiger partial charge in [-0.1, -0.05) is 35.9 Å². The van der Waals surface area contributed by atoms with Crippen LogP contribution >= 0.6 is 11.6 Å². The molecule has 0 fully saturated rings. The van der Waals surface area contributed by atoms with Crippen molar-refractivity contribution in [2.75, 3.05) is 6.61 Å². The van der Waals surface area contributed by atoms with Gasteiger partial charge in [-0.05, 0) is 35.4 Å². The highest BCUT2D eigenvalue weighted by Crippen LogP contribution is 2.25. The van der Waals surface area contributed by atoms with Gasteiger partial charge in [-0.3, -0.25) is 0 Å². The van der Waals surface area contributed by atoms with Gasteiger partial charge in [0.1, 0.15) is 0 Å². The van der Waals surface area contributed by atoms with Crippen LogP contribution in [0.4, 0.5) is 0 Å². The molecule has 0 atom stereocenters. The lowest BCUT2D eigenvalue weighted by Crippen LogP contribution is -2.05. The van der Waals surface area contributed by atoms with E-state index in [1.807, 2.05) is 18.2 Å². The maximum Gasteiger partial charge on any atom is 0.330 e. The Labute approximate surface area is 133 Å². The zero-order valence-electron chi connectivity index (χ0n) is 11.7. The van der Waals surface area contributed by atoms with E-state index in [0.717, 1.165) is 5.56 Å². The molecule has 0 bridgehead atoms. The highest BCUT2D eigenvalue weighted by Gasteiger charge is 2.02. The quantitative estimate of drug-likeness (QED) is 0.502. The average molecular weight is 319 g/mol. The number of phenols is 2. The SMILES string of the molecule is O=C(/C=C/c1ccc(O)c(O)c1)OCCc1ccccc1Cl. The van der Waals surface area contributed by atoms with Crippen LogP contribution in [0, 0.1) is 0 Å². The van der Waals surface area contributed by atoms with E-state index in [-0.39, 0.29) is 18.1 Å². The average Bonchev–Trinajstić information content (AvgIpc) is 2.50. The van der Waals surface area contributed by atoms with Crippen LogP contribution in [0.15, 0.2) is 48.5 Å². The molecule has 0 aliphatic rings. The smallest absolute Gasteiger partial charge is 0.330 e. The predicted octanol–water partition coefficient (Wildman–Crippen LogP) is 3.55. The molecule has 22 heavy (non-hydrogen) atoms. The van der Waals surface area contributed by atoms with Crippen molar-refractivity contribution in [1.29, 1.82) is 0 Å². The molecule has 0 saturated carbocycles. The van der Waals surface area contributed by atoms with Gasteiger partial charge < -0.3 is 14.9 Å². The Morgan fingerprint density at radius 1 is 1.14 bits per heavy atom. The van der Waals surface area contributed by atoms with Crippen molar-refractivity contribution in [3.63, 3.8) is 0 Å². The molecule has 0 amide bonds. The summed E-state index contributed by atoms with van der Waals surface area (Å²) in [6, 6.07) is 11.7. The van der Waals surface area contributed by atoms with Gasteiger partial charge in [-0.25, -0.2) is 4.79 Å². The van der Waals surface area contributed by atoms with Gasteiger partial charge >= 0.3 is 5.97 Å². The fourth-order valence-corrected chi connectivity index (χ4v) is 2.05. The van der Waals surface area contributed by atoms with Gasteiger partial charge in [0.15, 0.2) is 11.5 Å². The summed E-state index contributed by atoms with van der Waals surface area (Å²) in [5, 5.41) is 19.2. The van der Waals surface area contributed by atoms with E-state index >= 15 is 0 Å². The minimum Gasteiger partial charge on any atom is -0.504 e. The summed E-state index contributed by atoms with van der Waals surface area (Å²) in [5.41, 5.74) is 1.50. The van der Waals surface area contributed by atoms with E-state index in [0.29, 0.717) is 17.0 Å². The van der Waals surface area contributed by atoms with Crippen molar-refractivity contribution in [3.05, 3.63) is 64.7 Å². The summed E-state index contributed by atoms with van der Waals surface area (Å²) in [6.07, 6.45) is 3.30. The highest BCUT2D eigenvalue weighted by molar-refractivity contribution is 6.31. The second-order valence-corrected chi connectivity index (χ2v) is 5.00. The highest BCUT2D eigenvalue weighted by atomic mass is 35.5. The summed E-state index contributed by atoms with van der Waals surface area (Å²) in [5.74, 6) is -0.937. The standard InChI is InChI=1S/C17H15ClO4/c18-14-4-2-1-3-13(14)9-10-22-17(21)8-6-12-5-7-15(19)16(20)11-12/h1-8,11,19-20H,9-10H2/b8-6+. The monoisotopic (exact) mass is 318 g/mol. The maximum absolute atomic E-state index is 11.6. The molecule has 0 spiro atoms. The normalized spacial score (nSPS) is 10.8. The molecular formula is C17H15ClO4. The van der Waals surface area contributed by atoms with Gasteiger partial charge in [0.25, 0.3) is 0 Å². The maximum atomic E-state index is 11.6. The number of carbonyl (C=O) groups is 1. The minimum absolute atomic E-state index is 0.209. The molecule has 2 rings (SSSR count). The van der Waals surface area contributed by atoms with Gasteiger partial charge in [0, 0.05) is 17.5 Å².